The molecule has 0 radical (unpaired) electrons. The second kappa shape index (κ2) is 6.13. The molecule has 0 aliphatic heterocycles. The summed E-state index contributed by atoms with van der Waals surface area (Å²) in [6.07, 6.45) is 2.25. The maximum absolute atomic E-state index is 12.0. The van der Waals surface area contributed by atoms with Crippen molar-refractivity contribution in [2.24, 2.45) is 0 Å². The third kappa shape index (κ3) is 3.27. The largest absolute Gasteiger partial charge is 0.333 e. The Morgan fingerprint density at radius 3 is 3.00 bits per heavy atom. The third-order valence-electron chi connectivity index (χ3n) is 3.50. The SMILES string of the molecule is O=C(NCc1cccs1)Nc1ccsc1-c1nc(C2CC2)no1. The number of aromatic nitrogens is 2. The lowest BCUT2D eigenvalue weighted by Crippen LogP contribution is -2.27. The van der Waals surface area contributed by atoms with Gasteiger partial charge in [-0.05, 0) is 35.7 Å². The van der Waals surface area contributed by atoms with Crippen molar-refractivity contribution < 1.29 is 9.32 Å². The second-order valence-corrected chi connectivity index (χ2v) is 7.23. The average molecular weight is 346 g/mol. The number of nitrogens with one attached hydrogen (secondary N) is 2. The normalized spacial score (nSPS) is 13.9. The van der Waals surface area contributed by atoms with Crippen molar-refractivity contribution in [3.63, 3.8) is 0 Å². The summed E-state index contributed by atoms with van der Waals surface area (Å²) in [6.45, 7) is 0.509. The van der Waals surface area contributed by atoms with Crippen LogP contribution in [0.5, 0.6) is 0 Å². The molecule has 1 fully saturated rings. The molecule has 1 saturated carbocycles. The molecule has 6 nitrogen and oxygen atoms in total. The zero-order valence-electron chi connectivity index (χ0n) is 12.1. The number of nitrogens with zero attached hydrogens (tertiary/aromatic N) is 2. The highest BCUT2D eigenvalue weighted by Crippen LogP contribution is 2.40. The van der Waals surface area contributed by atoms with Gasteiger partial charge in [-0.1, -0.05) is 11.2 Å². The highest BCUT2D eigenvalue weighted by atomic mass is 32.1. The van der Waals surface area contributed by atoms with E-state index in [9.17, 15) is 4.79 Å². The number of hydrogen-bond acceptors (Lipinski definition) is 6. The monoisotopic (exact) mass is 346 g/mol. The lowest BCUT2D eigenvalue weighted by Gasteiger charge is -2.06. The first-order valence-electron chi connectivity index (χ1n) is 7.28. The third-order valence-corrected chi connectivity index (χ3v) is 5.27. The fourth-order valence-corrected chi connectivity index (χ4v) is 3.57. The summed E-state index contributed by atoms with van der Waals surface area (Å²) in [7, 11) is 0. The van der Waals surface area contributed by atoms with Crippen molar-refractivity contribution in [2.45, 2.75) is 25.3 Å². The summed E-state index contributed by atoms with van der Waals surface area (Å²) in [5, 5.41) is 13.6. The molecule has 0 bridgehead atoms. The Labute approximate surface area is 140 Å². The van der Waals surface area contributed by atoms with Crippen LogP contribution >= 0.6 is 22.7 Å². The second-order valence-electron chi connectivity index (χ2n) is 5.28. The van der Waals surface area contributed by atoms with Crippen molar-refractivity contribution in [1.82, 2.24) is 15.5 Å². The summed E-state index contributed by atoms with van der Waals surface area (Å²) in [5.74, 6) is 1.68. The molecule has 0 atom stereocenters. The van der Waals surface area contributed by atoms with Crippen molar-refractivity contribution in [2.75, 3.05) is 5.32 Å². The van der Waals surface area contributed by atoms with Gasteiger partial charge in [-0.15, -0.1) is 22.7 Å². The maximum atomic E-state index is 12.0. The van der Waals surface area contributed by atoms with E-state index in [4.69, 9.17) is 4.52 Å². The van der Waals surface area contributed by atoms with Crippen molar-refractivity contribution >= 4 is 34.4 Å². The van der Waals surface area contributed by atoms with Crippen molar-refractivity contribution in [3.8, 4) is 10.8 Å². The number of carbonyl (C=O) groups excluding carboxylic acids is 1. The van der Waals surface area contributed by atoms with Gasteiger partial charge in [-0.2, -0.15) is 4.98 Å². The number of carbonyl (C=O) groups is 1. The topological polar surface area (TPSA) is 80.0 Å². The molecule has 8 heteroatoms. The number of urea groups is 1. The first-order chi connectivity index (χ1) is 11.3. The number of rotatable bonds is 5. The molecule has 3 aromatic rings. The van der Waals surface area contributed by atoms with Gasteiger partial charge in [0.15, 0.2) is 5.82 Å². The Hall–Kier alpha value is -2.19. The van der Waals surface area contributed by atoms with Crippen LogP contribution in [-0.4, -0.2) is 16.2 Å². The molecule has 2 N–H and O–H groups in total. The molecule has 0 saturated heterocycles. The lowest BCUT2D eigenvalue weighted by atomic mass is 10.3. The highest BCUT2D eigenvalue weighted by molar-refractivity contribution is 7.14. The standard InChI is InChI=1S/C15H14N4O2S2/c20-15(16-8-10-2-1-6-22-10)17-11-5-7-23-12(11)14-18-13(19-21-14)9-3-4-9/h1-2,5-7,9H,3-4,8H2,(H2,16,17,20). The Morgan fingerprint density at radius 2 is 2.22 bits per heavy atom. The number of thiophene rings is 2. The van der Waals surface area contributed by atoms with Crippen LogP contribution in [0.15, 0.2) is 33.5 Å². The molecule has 4 rings (SSSR count). The predicted molar refractivity (Wildman–Crippen MR) is 89.8 cm³/mol. The van der Waals surface area contributed by atoms with Crippen LogP contribution in [-0.2, 0) is 6.54 Å². The van der Waals surface area contributed by atoms with Crippen LogP contribution in [0.25, 0.3) is 10.8 Å². The van der Waals surface area contributed by atoms with Gasteiger partial charge >= 0.3 is 6.03 Å². The van der Waals surface area contributed by atoms with Gasteiger partial charge in [0.1, 0.15) is 4.88 Å². The van der Waals surface area contributed by atoms with Gasteiger partial charge in [-0.3, -0.25) is 0 Å². The molecule has 0 aromatic carbocycles. The van der Waals surface area contributed by atoms with Crippen LogP contribution in [0.2, 0.25) is 0 Å². The van der Waals surface area contributed by atoms with E-state index >= 15 is 0 Å². The molecular formula is C15H14N4O2S2. The van der Waals surface area contributed by atoms with E-state index in [2.05, 4.69) is 20.8 Å². The minimum absolute atomic E-state index is 0.250. The lowest BCUT2D eigenvalue weighted by molar-refractivity contribution is 0.252. The van der Waals surface area contributed by atoms with Crippen LogP contribution < -0.4 is 10.6 Å². The number of amides is 2. The van der Waals surface area contributed by atoms with Crippen LogP contribution in [0.1, 0.15) is 29.5 Å². The van der Waals surface area contributed by atoms with Gasteiger partial charge in [0.2, 0.25) is 0 Å². The first kappa shape index (κ1) is 14.4. The summed E-state index contributed by atoms with van der Waals surface area (Å²) in [6, 6.07) is 5.54. The Balaban J connectivity index is 1.42. The highest BCUT2D eigenvalue weighted by Gasteiger charge is 2.29. The molecule has 0 unspecified atom stereocenters. The molecule has 2 amide bonds. The quantitative estimate of drug-likeness (QED) is 0.730. The van der Waals surface area contributed by atoms with E-state index in [1.807, 2.05) is 29.0 Å². The smallest absolute Gasteiger partial charge is 0.319 e. The predicted octanol–water partition coefficient (Wildman–Crippen LogP) is 4.06. The fourth-order valence-electron chi connectivity index (χ4n) is 2.15. The van der Waals surface area contributed by atoms with E-state index in [0.717, 1.165) is 28.4 Å². The van der Waals surface area contributed by atoms with E-state index in [0.29, 0.717) is 24.0 Å². The van der Waals surface area contributed by atoms with Crippen molar-refractivity contribution in [3.05, 3.63) is 39.7 Å². The summed E-state index contributed by atoms with van der Waals surface area (Å²) in [5.41, 5.74) is 0.685. The zero-order chi connectivity index (χ0) is 15.6. The van der Waals surface area contributed by atoms with Crippen LogP contribution in [0, 0.1) is 0 Å². The summed E-state index contributed by atoms with van der Waals surface area (Å²) < 4.78 is 5.33. The molecule has 3 aromatic heterocycles. The summed E-state index contributed by atoms with van der Waals surface area (Å²) >= 11 is 3.08. The molecule has 118 valence electrons. The molecule has 23 heavy (non-hydrogen) atoms. The van der Waals surface area contributed by atoms with Crippen LogP contribution in [0.3, 0.4) is 0 Å². The van der Waals surface area contributed by atoms with Gasteiger partial charge in [0, 0.05) is 10.8 Å². The molecule has 1 aliphatic carbocycles. The zero-order valence-corrected chi connectivity index (χ0v) is 13.7. The fraction of sp³-hybridized carbons (Fsp3) is 0.267. The molecule has 1 aliphatic rings. The van der Waals surface area contributed by atoms with E-state index in [-0.39, 0.29) is 6.03 Å². The first-order valence-corrected chi connectivity index (χ1v) is 9.04. The Morgan fingerprint density at radius 1 is 1.30 bits per heavy atom. The average Bonchev–Trinajstić information content (AvgIpc) is 2.99. The van der Waals surface area contributed by atoms with Crippen LogP contribution in [0.4, 0.5) is 10.5 Å². The minimum Gasteiger partial charge on any atom is -0.333 e. The van der Waals surface area contributed by atoms with Gasteiger partial charge in [0.25, 0.3) is 5.89 Å². The number of hydrogen-bond donors (Lipinski definition) is 2. The van der Waals surface area contributed by atoms with E-state index in [1.54, 1.807) is 11.3 Å². The maximum Gasteiger partial charge on any atom is 0.319 e. The molecule has 0 spiro atoms. The van der Waals surface area contributed by atoms with Gasteiger partial charge in [0.05, 0.1) is 12.2 Å². The van der Waals surface area contributed by atoms with E-state index < -0.39 is 0 Å². The molecular weight excluding hydrogens is 332 g/mol. The van der Waals surface area contributed by atoms with E-state index in [1.165, 1.54) is 11.3 Å². The number of anilines is 1. The summed E-state index contributed by atoms with van der Waals surface area (Å²) in [4.78, 5) is 18.4. The van der Waals surface area contributed by atoms with Crippen molar-refractivity contribution in [1.29, 1.82) is 0 Å². The minimum atomic E-state index is -0.250. The van der Waals surface area contributed by atoms with Gasteiger partial charge < -0.3 is 15.2 Å². The molecule has 3 heterocycles. The van der Waals surface area contributed by atoms with Gasteiger partial charge in [-0.25, -0.2) is 4.79 Å². The Kier molecular flexibility index (Phi) is 3.84. The Bertz CT molecular complexity index is 805.